The number of hydrogen-bond acceptors (Lipinski definition) is 2. The van der Waals surface area contributed by atoms with Gasteiger partial charge in [0, 0.05) is 16.1 Å². The number of halogens is 3. The summed E-state index contributed by atoms with van der Waals surface area (Å²) in [6.07, 6.45) is 2.42. The molecular formula is C12H10Br2ClN3. The van der Waals surface area contributed by atoms with Gasteiger partial charge >= 0.3 is 0 Å². The number of alkyl halides is 1. The molecule has 3 nitrogen and oxygen atoms in total. The predicted molar refractivity (Wildman–Crippen MR) is 79.1 cm³/mol. The van der Waals surface area contributed by atoms with E-state index in [0.717, 1.165) is 27.0 Å². The van der Waals surface area contributed by atoms with Crippen molar-refractivity contribution in [3.63, 3.8) is 0 Å². The predicted octanol–water partition coefficient (Wildman–Crippen LogP) is 4.59. The van der Waals surface area contributed by atoms with E-state index < -0.39 is 0 Å². The van der Waals surface area contributed by atoms with E-state index in [2.05, 4.69) is 46.6 Å². The highest BCUT2D eigenvalue weighted by Gasteiger charge is 2.29. The Balaban J connectivity index is 2.10. The Kier molecular flexibility index (Phi) is 3.47. The molecule has 1 aliphatic rings. The first kappa shape index (κ1) is 12.6. The summed E-state index contributed by atoms with van der Waals surface area (Å²) >= 11 is 12.9. The number of hydrogen-bond donors (Lipinski definition) is 0. The summed E-state index contributed by atoms with van der Waals surface area (Å²) in [5.74, 6) is 1.91. The van der Waals surface area contributed by atoms with Gasteiger partial charge in [-0.1, -0.05) is 27.5 Å². The minimum atomic E-state index is 0.553. The van der Waals surface area contributed by atoms with Crippen LogP contribution >= 0.6 is 43.5 Å². The summed E-state index contributed by atoms with van der Waals surface area (Å²) in [5.41, 5.74) is 1.04. The van der Waals surface area contributed by atoms with Gasteiger partial charge in [0.25, 0.3) is 0 Å². The third-order valence-corrected chi connectivity index (χ3v) is 4.69. The van der Waals surface area contributed by atoms with Crippen molar-refractivity contribution in [3.05, 3.63) is 33.5 Å². The van der Waals surface area contributed by atoms with Crippen molar-refractivity contribution in [1.82, 2.24) is 14.8 Å². The molecule has 0 unspecified atom stereocenters. The normalized spacial score (nSPS) is 15.1. The lowest BCUT2D eigenvalue weighted by Gasteiger charge is -2.08. The van der Waals surface area contributed by atoms with Gasteiger partial charge in [-0.05, 0) is 47.0 Å². The maximum atomic E-state index is 6.02. The molecule has 0 aliphatic heterocycles. The van der Waals surface area contributed by atoms with Crippen LogP contribution in [0.3, 0.4) is 0 Å². The van der Waals surface area contributed by atoms with Crippen molar-refractivity contribution in [2.24, 2.45) is 0 Å². The molecule has 6 heteroatoms. The molecule has 0 bridgehead atoms. The molecule has 1 fully saturated rings. The van der Waals surface area contributed by atoms with E-state index >= 15 is 0 Å². The fourth-order valence-electron chi connectivity index (χ4n) is 1.96. The summed E-state index contributed by atoms with van der Waals surface area (Å²) in [6, 6.07) is 6.40. The topological polar surface area (TPSA) is 30.7 Å². The largest absolute Gasteiger partial charge is 0.307 e. The van der Waals surface area contributed by atoms with E-state index in [1.807, 2.05) is 18.2 Å². The van der Waals surface area contributed by atoms with Crippen LogP contribution in [0.4, 0.5) is 0 Å². The summed E-state index contributed by atoms with van der Waals surface area (Å²) in [4.78, 5) is 0. The molecule has 1 heterocycles. The van der Waals surface area contributed by atoms with Gasteiger partial charge < -0.3 is 4.57 Å². The molecule has 0 atom stereocenters. The van der Waals surface area contributed by atoms with Crippen molar-refractivity contribution >= 4 is 43.5 Å². The molecule has 1 aliphatic carbocycles. The minimum absolute atomic E-state index is 0.553. The molecule has 3 rings (SSSR count). The Morgan fingerprint density at radius 3 is 2.72 bits per heavy atom. The van der Waals surface area contributed by atoms with Gasteiger partial charge in [-0.3, -0.25) is 0 Å². The third kappa shape index (κ3) is 2.24. The second-order valence-electron chi connectivity index (χ2n) is 4.30. The number of nitrogens with zero attached hydrogens (tertiary/aromatic N) is 3. The lowest BCUT2D eigenvalue weighted by Crippen LogP contribution is -2.01. The number of aromatic nitrogens is 3. The molecule has 94 valence electrons. The van der Waals surface area contributed by atoms with E-state index in [0.29, 0.717) is 11.1 Å². The zero-order valence-electron chi connectivity index (χ0n) is 9.41. The van der Waals surface area contributed by atoms with Crippen LogP contribution in [0.2, 0.25) is 5.02 Å². The van der Waals surface area contributed by atoms with Crippen LogP contribution in [0, 0.1) is 0 Å². The summed E-state index contributed by atoms with van der Waals surface area (Å²) in [7, 11) is 0. The Morgan fingerprint density at radius 2 is 2.11 bits per heavy atom. The first-order valence-electron chi connectivity index (χ1n) is 5.66. The van der Waals surface area contributed by atoms with E-state index in [1.165, 1.54) is 12.8 Å². The van der Waals surface area contributed by atoms with Crippen LogP contribution < -0.4 is 0 Å². The quantitative estimate of drug-likeness (QED) is 0.717. The monoisotopic (exact) mass is 389 g/mol. The molecule has 1 aromatic heterocycles. The van der Waals surface area contributed by atoms with E-state index in [-0.39, 0.29) is 0 Å². The van der Waals surface area contributed by atoms with Crippen LogP contribution in [-0.2, 0) is 5.33 Å². The maximum absolute atomic E-state index is 6.02. The zero-order valence-corrected chi connectivity index (χ0v) is 13.3. The highest BCUT2D eigenvalue weighted by Crippen LogP contribution is 2.40. The Bertz CT molecular complexity index is 593. The molecular weight excluding hydrogens is 381 g/mol. The second kappa shape index (κ2) is 4.94. The smallest absolute Gasteiger partial charge is 0.164 e. The second-order valence-corrected chi connectivity index (χ2v) is 6.13. The third-order valence-electron chi connectivity index (χ3n) is 2.98. The zero-order chi connectivity index (χ0) is 12.7. The maximum Gasteiger partial charge on any atom is 0.164 e. The van der Waals surface area contributed by atoms with E-state index in [9.17, 15) is 0 Å². The molecule has 0 radical (unpaired) electrons. The van der Waals surface area contributed by atoms with Gasteiger partial charge in [-0.2, -0.15) is 0 Å². The van der Waals surface area contributed by atoms with Crippen molar-refractivity contribution in [3.8, 4) is 11.4 Å². The summed E-state index contributed by atoms with van der Waals surface area (Å²) in [5, 5.41) is 9.98. The molecule has 0 saturated heterocycles. The summed E-state index contributed by atoms with van der Waals surface area (Å²) in [6.45, 7) is 0. The number of rotatable bonds is 3. The van der Waals surface area contributed by atoms with Crippen molar-refractivity contribution in [2.75, 3.05) is 0 Å². The van der Waals surface area contributed by atoms with Crippen LogP contribution in [0.5, 0.6) is 0 Å². The van der Waals surface area contributed by atoms with Crippen molar-refractivity contribution in [1.29, 1.82) is 0 Å². The van der Waals surface area contributed by atoms with Crippen LogP contribution in [-0.4, -0.2) is 14.8 Å². The van der Waals surface area contributed by atoms with Gasteiger partial charge in [-0.15, -0.1) is 10.2 Å². The molecule has 1 saturated carbocycles. The fraction of sp³-hybridized carbons (Fsp3) is 0.333. The molecule has 2 aromatic rings. The average Bonchev–Trinajstić information content (AvgIpc) is 3.12. The van der Waals surface area contributed by atoms with Gasteiger partial charge in [0.1, 0.15) is 5.82 Å². The van der Waals surface area contributed by atoms with E-state index in [4.69, 9.17) is 11.6 Å². The van der Waals surface area contributed by atoms with Crippen LogP contribution in [0.25, 0.3) is 11.4 Å². The lowest BCUT2D eigenvalue weighted by molar-refractivity contribution is 0.714. The highest BCUT2D eigenvalue weighted by molar-refractivity contribution is 9.10. The lowest BCUT2D eigenvalue weighted by atomic mass is 10.2. The molecule has 0 amide bonds. The van der Waals surface area contributed by atoms with Gasteiger partial charge in [0.15, 0.2) is 5.82 Å². The molecule has 1 aromatic carbocycles. The van der Waals surface area contributed by atoms with Crippen molar-refractivity contribution in [2.45, 2.75) is 24.2 Å². The van der Waals surface area contributed by atoms with Crippen molar-refractivity contribution < 1.29 is 0 Å². The Morgan fingerprint density at radius 1 is 1.33 bits per heavy atom. The van der Waals surface area contributed by atoms with Gasteiger partial charge in [-0.25, -0.2) is 0 Å². The van der Waals surface area contributed by atoms with Crippen LogP contribution in [0.1, 0.15) is 24.7 Å². The number of benzene rings is 1. The van der Waals surface area contributed by atoms with Gasteiger partial charge in [0.2, 0.25) is 0 Å². The van der Waals surface area contributed by atoms with Crippen LogP contribution in [0.15, 0.2) is 22.7 Å². The first-order chi connectivity index (χ1) is 8.70. The Hall–Kier alpha value is -0.390. The highest BCUT2D eigenvalue weighted by atomic mass is 79.9. The Labute approximate surface area is 127 Å². The van der Waals surface area contributed by atoms with Gasteiger partial charge in [0.05, 0.1) is 10.4 Å². The summed E-state index contributed by atoms with van der Waals surface area (Å²) < 4.78 is 3.11. The standard InChI is InChI=1S/C12H10Br2ClN3/c13-6-11-16-17-12(18(11)8-2-3-8)7-1-4-10(15)9(14)5-7/h1,4-5,8H,2-3,6H2. The molecule has 0 N–H and O–H groups in total. The average molecular weight is 391 g/mol. The molecule has 18 heavy (non-hydrogen) atoms. The fourth-order valence-corrected chi connectivity index (χ4v) is 2.84. The first-order valence-corrected chi connectivity index (χ1v) is 7.95. The van der Waals surface area contributed by atoms with E-state index in [1.54, 1.807) is 0 Å². The molecule has 0 spiro atoms. The minimum Gasteiger partial charge on any atom is -0.307 e. The SMILES string of the molecule is Clc1ccc(-c2nnc(CBr)n2C2CC2)cc1Br.